The molecule has 2 aromatic rings. The third-order valence-corrected chi connectivity index (χ3v) is 3.40. The average molecular weight is 352 g/mol. The highest BCUT2D eigenvalue weighted by Gasteiger charge is 2.32. The lowest BCUT2D eigenvalue weighted by Gasteiger charge is -2.09. The van der Waals surface area contributed by atoms with Gasteiger partial charge in [0, 0.05) is 18.4 Å². The quantitative estimate of drug-likeness (QED) is 0.437. The number of aliphatic imine (C=N–C) groups is 1. The van der Waals surface area contributed by atoms with Gasteiger partial charge in [0.05, 0.1) is 6.54 Å². The summed E-state index contributed by atoms with van der Waals surface area (Å²) in [7, 11) is 0. The topological polar surface area (TPSA) is 88.2 Å². The molecule has 0 aliphatic rings. The van der Waals surface area contributed by atoms with Crippen molar-refractivity contribution in [2.75, 3.05) is 23.7 Å². The fourth-order valence-corrected chi connectivity index (χ4v) is 1.95. The Morgan fingerprint density at radius 3 is 2.64 bits per heavy atom. The van der Waals surface area contributed by atoms with Crippen molar-refractivity contribution in [2.45, 2.75) is 20.0 Å². The number of alkyl halides is 3. The summed E-state index contributed by atoms with van der Waals surface area (Å²) in [6, 6.07) is 6.62. The minimum absolute atomic E-state index is 0.106. The Hall–Kier alpha value is -2.84. The Balaban J connectivity index is 1.85. The van der Waals surface area contributed by atoms with E-state index in [1.54, 1.807) is 0 Å². The summed E-state index contributed by atoms with van der Waals surface area (Å²) in [5, 5.41) is 5.64. The van der Waals surface area contributed by atoms with Crippen molar-refractivity contribution < 1.29 is 13.2 Å². The van der Waals surface area contributed by atoms with E-state index in [1.807, 2.05) is 32.0 Å². The Kier molecular flexibility index (Phi) is 5.79. The van der Waals surface area contributed by atoms with Gasteiger partial charge in [0.25, 0.3) is 0 Å². The number of hydrogen-bond donors (Lipinski definition) is 3. The number of rotatable bonds is 5. The first-order valence-corrected chi connectivity index (χ1v) is 7.54. The molecule has 0 aliphatic carbocycles. The largest absolute Gasteiger partial charge is 0.433 e. The molecule has 1 aromatic heterocycles. The van der Waals surface area contributed by atoms with Crippen LogP contribution in [0.4, 0.5) is 24.8 Å². The van der Waals surface area contributed by atoms with E-state index in [-0.39, 0.29) is 25.0 Å². The van der Waals surface area contributed by atoms with Crippen LogP contribution in [-0.2, 0) is 6.18 Å². The van der Waals surface area contributed by atoms with Crippen LogP contribution in [0.15, 0.2) is 35.5 Å². The van der Waals surface area contributed by atoms with Crippen molar-refractivity contribution in [3.63, 3.8) is 0 Å². The maximum Gasteiger partial charge on any atom is 0.433 e. The van der Waals surface area contributed by atoms with Crippen LogP contribution < -0.4 is 16.4 Å². The molecule has 134 valence electrons. The van der Waals surface area contributed by atoms with E-state index >= 15 is 0 Å². The van der Waals surface area contributed by atoms with Gasteiger partial charge in [-0.25, -0.2) is 9.97 Å². The van der Waals surface area contributed by atoms with E-state index in [0.29, 0.717) is 0 Å². The number of hydrogen-bond acceptors (Lipinski definition) is 4. The number of aryl methyl sites for hydroxylation is 2. The lowest BCUT2D eigenvalue weighted by molar-refractivity contribution is -0.141. The Morgan fingerprint density at radius 2 is 1.96 bits per heavy atom. The number of halogens is 3. The zero-order chi connectivity index (χ0) is 18.4. The molecule has 1 aromatic carbocycles. The molecular weight excluding hydrogens is 333 g/mol. The van der Waals surface area contributed by atoms with Crippen LogP contribution in [0.3, 0.4) is 0 Å². The maximum absolute atomic E-state index is 12.6. The molecule has 0 radical (unpaired) electrons. The fraction of sp³-hybridized carbons (Fsp3) is 0.312. The van der Waals surface area contributed by atoms with Crippen LogP contribution >= 0.6 is 0 Å². The molecule has 0 aliphatic heterocycles. The number of anilines is 2. The summed E-state index contributed by atoms with van der Waals surface area (Å²) in [5.74, 6) is 0.112. The summed E-state index contributed by atoms with van der Waals surface area (Å²) in [5.41, 5.74) is 7.91. The monoisotopic (exact) mass is 352 g/mol. The van der Waals surface area contributed by atoms with E-state index in [1.165, 1.54) is 5.56 Å². The summed E-state index contributed by atoms with van der Waals surface area (Å²) in [6.07, 6.45) is -3.45. The van der Waals surface area contributed by atoms with E-state index < -0.39 is 11.9 Å². The first kappa shape index (κ1) is 18.5. The lowest BCUT2D eigenvalue weighted by atomic mass is 10.1. The SMILES string of the molecule is Cc1ccc(NC(N)=NCCNc2nccc(C(F)(F)F)n2)cc1C. The van der Waals surface area contributed by atoms with E-state index in [2.05, 4.69) is 25.6 Å². The molecule has 0 atom stereocenters. The highest BCUT2D eigenvalue weighted by Crippen LogP contribution is 2.27. The smallest absolute Gasteiger partial charge is 0.370 e. The molecule has 0 amide bonds. The maximum atomic E-state index is 12.6. The van der Waals surface area contributed by atoms with Gasteiger partial charge < -0.3 is 16.4 Å². The lowest BCUT2D eigenvalue weighted by Crippen LogP contribution is -2.24. The Bertz CT molecular complexity index is 758. The molecule has 25 heavy (non-hydrogen) atoms. The number of nitrogens with one attached hydrogen (secondary N) is 2. The van der Waals surface area contributed by atoms with Crippen LogP contribution in [0.5, 0.6) is 0 Å². The molecule has 0 fully saturated rings. The second kappa shape index (κ2) is 7.82. The standard InChI is InChI=1S/C16H19F3N6/c1-10-3-4-12(9-11(10)2)24-14(20)21-7-8-23-15-22-6-5-13(25-15)16(17,18)19/h3-6,9H,7-8H2,1-2H3,(H3,20,21,24)(H,22,23,25). The normalized spacial score (nSPS) is 12.1. The summed E-state index contributed by atoms with van der Waals surface area (Å²) < 4.78 is 37.7. The van der Waals surface area contributed by atoms with Gasteiger partial charge in [-0.15, -0.1) is 0 Å². The van der Waals surface area contributed by atoms with Gasteiger partial charge in [0.1, 0.15) is 5.69 Å². The molecule has 0 spiro atoms. The molecule has 0 saturated heterocycles. The minimum Gasteiger partial charge on any atom is -0.370 e. The molecule has 2 rings (SSSR count). The van der Waals surface area contributed by atoms with Crippen molar-refractivity contribution in [3.05, 3.63) is 47.3 Å². The zero-order valence-corrected chi connectivity index (χ0v) is 13.9. The number of benzene rings is 1. The van der Waals surface area contributed by atoms with Crippen molar-refractivity contribution in [2.24, 2.45) is 10.7 Å². The van der Waals surface area contributed by atoms with Crippen LogP contribution in [0.25, 0.3) is 0 Å². The highest BCUT2D eigenvalue weighted by atomic mass is 19.4. The second-order valence-electron chi connectivity index (χ2n) is 5.38. The Morgan fingerprint density at radius 1 is 1.20 bits per heavy atom. The highest BCUT2D eigenvalue weighted by molar-refractivity contribution is 5.92. The summed E-state index contributed by atoms with van der Waals surface area (Å²) in [6.45, 7) is 4.50. The first-order chi connectivity index (χ1) is 11.8. The average Bonchev–Trinajstić information content (AvgIpc) is 2.55. The van der Waals surface area contributed by atoms with E-state index in [9.17, 15) is 13.2 Å². The molecule has 0 bridgehead atoms. The van der Waals surface area contributed by atoms with Crippen molar-refractivity contribution in [1.82, 2.24) is 9.97 Å². The predicted octanol–water partition coefficient (Wildman–Crippen LogP) is 2.95. The van der Waals surface area contributed by atoms with Gasteiger partial charge >= 0.3 is 6.18 Å². The number of guanidine groups is 1. The zero-order valence-electron chi connectivity index (χ0n) is 13.9. The molecule has 0 unspecified atom stereocenters. The fourth-order valence-electron chi connectivity index (χ4n) is 1.95. The van der Waals surface area contributed by atoms with Crippen LogP contribution in [0.1, 0.15) is 16.8 Å². The van der Waals surface area contributed by atoms with Gasteiger partial charge in [0.2, 0.25) is 5.95 Å². The van der Waals surface area contributed by atoms with Crippen molar-refractivity contribution in [1.29, 1.82) is 0 Å². The van der Waals surface area contributed by atoms with Gasteiger partial charge in [-0.1, -0.05) is 6.07 Å². The number of nitrogens with two attached hydrogens (primary N) is 1. The summed E-state index contributed by atoms with van der Waals surface area (Å²) in [4.78, 5) is 11.2. The number of aromatic nitrogens is 2. The van der Waals surface area contributed by atoms with Gasteiger partial charge in [-0.05, 0) is 43.2 Å². The van der Waals surface area contributed by atoms with Crippen LogP contribution in [0, 0.1) is 13.8 Å². The van der Waals surface area contributed by atoms with Crippen LogP contribution in [0.2, 0.25) is 0 Å². The van der Waals surface area contributed by atoms with E-state index in [0.717, 1.165) is 23.5 Å². The minimum atomic E-state index is -4.50. The number of nitrogens with zero attached hydrogens (tertiary/aromatic N) is 3. The second-order valence-corrected chi connectivity index (χ2v) is 5.38. The van der Waals surface area contributed by atoms with Gasteiger partial charge in [0.15, 0.2) is 5.96 Å². The molecule has 1 heterocycles. The molecule has 9 heteroatoms. The van der Waals surface area contributed by atoms with E-state index in [4.69, 9.17) is 5.73 Å². The molecular formula is C16H19F3N6. The van der Waals surface area contributed by atoms with Crippen molar-refractivity contribution >= 4 is 17.6 Å². The van der Waals surface area contributed by atoms with Gasteiger partial charge in [-0.3, -0.25) is 4.99 Å². The molecule has 0 saturated carbocycles. The third-order valence-electron chi connectivity index (χ3n) is 3.40. The van der Waals surface area contributed by atoms with Crippen LogP contribution in [-0.4, -0.2) is 29.0 Å². The molecule has 6 nitrogen and oxygen atoms in total. The Labute approximate surface area is 143 Å². The van der Waals surface area contributed by atoms with Gasteiger partial charge in [-0.2, -0.15) is 13.2 Å². The summed E-state index contributed by atoms with van der Waals surface area (Å²) >= 11 is 0. The third kappa shape index (κ3) is 5.63. The molecule has 4 N–H and O–H groups in total. The first-order valence-electron chi connectivity index (χ1n) is 7.54. The predicted molar refractivity (Wildman–Crippen MR) is 91.6 cm³/mol. The van der Waals surface area contributed by atoms with Crippen molar-refractivity contribution in [3.8, 4) is 0 Å².